The van der Waals surface area contributed by atoms with Gasteiger partial charge in [0.15, 0.2) is 17.5 Å². The Morgan fingerprint density at radius 3 is 1.70 bits per heavy atom. The maximum Gasteiger partial charge on any atom is 0.164 e. The zero-order valence-corrected chi connectivity index (χ0v) is 27.0. The summed E-state index contributed by atoms with van der Waals surface area (Å²) in [5, 5.41) is 2.54. The van der Waals surface area contributed by atoms with E-state index in [-0.39, 0.29) is 0 Å². The van der Waals surface area contributed by atoms with Gasteiger partial charge in [-0.05, 0) is 45.5 Å². The largest absolute Gasteiger partial charge is 0.309 e. The first-order chi connectivity index (χ1) is 24.8. The Hall–Kier alpha value is -6.65. The van der Waals surface area contributed by atoms with Crippen LogP contribution in [-0.2, 0) is 5.41 Å². The van der Waals surface area contributed by atoms with Crippen LogP contribution in [0, 0.1) is 0 Å². The number of hydrogen-bond acceptors (Lipinski definition) is 3. The van der Waals surface area contributed by atoms with Gasteiger partial charge in [0.25, 0.3) is 0 Å². The molecule has 0 fully saturated rings. The Bertz CT molecular complexity index is 2760. The van der Waals surface area contributed by atoms with Gasteiger partial charge in [-0.1, -0.05) is 158 Å². The van der Waals surface area contributed by atoms with Crippen LogP contribution in [0.1, 0.15) is 22.3 Å². The Morgan fingerprint density at radius 1 is 0.380 bits per heavy atom. The summed E-state index contributed by atoms with van der Waals surface area (Å²) in [5.74, 6) is 1.98. The SMILES string of the molecule is c1ccc(-c2nc(-c3ccccc3)nc(-c3cccc4c3-c3ccccc3C43c4ccccc4-n4c5ccccc5c5cccc3c54)n2)cc1. The number of para-hydroxylation sites is 3. The average Bonchev–Trinajstić information content (AvgIpc) is 3.69. The minimum atomic E-state index is -0.542. The van der Waals surface area contributed by atoms with Crippen molar-refractivity contribution >= 4 is 21.8 Å². The van der Waals surface area contributed by atoms with Crippen molar-refractivity contribution in [3.63, 3.8) is 0 Å². The Kier molecular flexibility index (Phi) is 5.56. The lowest BCUT2D eigenvalue weighted by Gasteiger charge is -2.39. The molecule has 0 saturated carbocycles. The molecule has 4 nitrogen and oxygen atoms in total. The highest BCUT2D eigenvalue weighted by atomic mass is 15.0. The van der Waals surface area contributed by atoms with Crippen molar-refractivity contribution in [1.29, 1.82) is 0 Å². The van der Waals surface area contributed by atoms with E-state index in [9.17, 15) is 0 Å². The summed E-state index contributed by atoms with van der Waals surface area (Å²) < 4.78 is 2.48. The first-order valence-corrected chi connectivity index (χ1v) is 17.1. The third-order valence-corrected chi connectivity index (χ3v) is 10.7. The third kappa shape index (κ3) is 3.52. The maximum absolute atomic E-state index is 5.20. The van der Waals surface area contributed by atoms with Gasteiger partial charge in [0.05, 0.1) is 22.1 Å². The number of hydrogen-bond donors (Lipinski definition) is 0. The van der Waals surface area contributed by atoms with Crippen LogP contribution >= 0.6 is 0 Å². The minimum absolute atomic E-state index is 0.542. The Labute approximate surface area is 289 Å². The second kappa shape index (κ2) is 10.2. The summed E-state index contributed by atoms with van der Waals surface area (Å²) in [5.41, 5.74) is 13.5. The standard InChI is InChI=1S/C46H28N4/c1-3-15-29(16-4-1)43-47-44(30-17-5-2-6-18-30)49-45(48-43)34-22-14-25-37-41(34)33-20-7-9-23-35(33)46(37)36-24-10-12-28-40(36)50-39-27-11-8-19-31(39)32-21-13-26-38(46)42(32)50/h1-28H. The lowest BCUT2D eigenvalue weighted by Crippen LogP contribution is -2.33. The van der Waals surface area contributed by atoms with Crippen LogP contribution in [-0.4, -0.2) is 19.5 Å². The second-order valence-corrected chi connectivity index (χ2v) is 13.1. The number of aromatic nitrogens is 4. The van der Waals surface area contributed by atoms with Crippen molar-refractivity contribution in [2.45, 2.75) is 5.41 Å². The van der Waals surface area contributed by atoms with Gasteiger partial charge in [0.2, 0.25) is 0 Å². The average molecular weight is 637 g/mol. The quantitative estimate of drug-likeness (QED) is 0.194. The van der Waals surface area contributed by atoms with Crippen LogP contribution in [0.4, 0.5) is 0 Å². The molecule has 2 aromatic heterocycles. The summed E-state index contributed by atoms with van der Waals surface area (Å²) in [7, 11) is 0. The smallest absolute Gasteiger partial charge is 0.164 e. The molecule has 232 valence electrons. The highest BCUT2D eigenvalue weighted by Crippen LogP contribution is 2.62. The summed E-state index contributed by atoms with van der Waals surface area (Å²) in [6.07, 6.45) is 0. The highest BCUT2D eigenvalue weighted by molar-refractivity contribution is 6.13. The van der Waals surface area contributed by atoms with E-state index in [0.717, 1.165) is 16.7 Å². The Morgan fingerprint density at radius 2 is 0.920 bits per heavy atom. The van der Waals surface area contributed by atoms with E-state index in [1.54, 1.807) is 0 Å². The molecule has 1 spiro atoms. The number of fused-ring (bicyclic) bond motifs is 12. The molecule has 0 radical (unpaired) electrons. The van der Waals surface area contributed by atoms with E-state index in [4.69, 9.17) is 15.0 Å². The van der Waals surface area contributed by atoms with Gasteiger partial charge in [0, 0.05) is 27.5 Å². The van der Waals surface area contributed by atoms with Crippen LogP contribution in [0.3, 0.4) is 0 Å². The first kappa shape index (κ1) is 27.3. The summed E-state index contributed by atoms with van der Waals surface area (Å²) >= 11 is 0. The number of rotatable bonds is 3. The highest BCUT2D eigenvalue weighted by Gasteiger charge is 2.51. The molecule has 0 amide bonds. The van der Waals surface area contributed by atoms with Gasteiger partial charge in [-0.25, -0.2) is 15.0 Å². The molecule has 7 aromatic carbocycles. The van der Waals surface area contributed by atoms with E-state index < -0.39 is 5.41 Å². The van der Waals surface area contributed by atoms with Crippen molar-refractivity contribution in [3.05, 3.63) is 192 Å². The van der Waals surface area contributed by atoms with Gasteiger partial charge in [-0.15, -0.1) is 0 Å². The molecule has 9 aromatic rings. The summed E-state index contributed by atoms with van der Waals surface area (Å²) in [6.45, 7) is 0. The van der Waals surface area contributed by atoms with E-state index in [1.807, 2.05) is 36.4 Å². The fourth-order valence-electron chi connectivity index (χ4n) is 8.73. The Balaban J connectivity index is 1.26. The summed E-state index contributed by atoms with van der Waals surface area (Å²) in [6, 6.07) is 60.6. The van der Waals surface area contributed by atoms with Crippen molar-refractivity contribution in [2.75, 3.05) is 0 Å². The number of benzene rings is 7. The zero-order chi connectivity index (χ0) is 32.8. The van der Waals surface area contributed by atoms with Crippen LogP contribution in [0.5, 0.6) is 0 Å². The van der Waals surface area contributed by atoms with Crippen molar-refractivity contribution in [2.24, 2.45) is 0 Å². The third-order valence-electron chi connectivity index (χ3n) is 10.7. The van der Waals surface area contributed by atoms with Gasteiger partial charge in [0.1, 0.15) is 0 Å². The molecule has 3 heterocycles. The minimum Gasteiger partial charge on any atom is -0.309 e. The van der Waals surface area contributed by atoms with Crippen LogP contribution in [0.2, 0.25) is 0 Å². The molecule has 2 aliphatic rings. The van der Waals surface area contributed by atoms with Crippen molar-refractivity contribution < 1.29 is 0 Å². The van der Waals surface area contributed by atoms with E-state index >= 15 is 0 Å². The van der Waals surface area contributed by atoms with Crippen LogP contribution < -0.4 is 0 Å². The van der Waals surface area contributed by atoms with E-state index in [0.29, 0.717) is 17.5 Å². The first-order valence-electron chi connectivity index (χ1n) is 17.1. The second-order valence-electron chi connectivity index (χ2n) is 13.1. The maximum atomic E-state index is 5.20. The molecule has 0 bridgehead atoms. The van der Waals surface area contributed by atoms with Crippen LogP contribution in [0.25, 0.3) is 72.8 Å². The van der Waals surface area contributed by atoms with Gasteiger partial charge in [-0.3, -0.25) is 0 Å². The lowest BCUT2D eigenvalue weighted by atomic mass is 9.65. The topological polar surface area (TPSA) is 43.6 Å². The van der Waals surface area contributed by atoms with Gasteiger partial charge in [-0.2, -0.15) is 0 Å². The normalized spacial score (nSPS) is 15.3. The molecular formula is C46H28N4. The monoisotopic (exact) mass is 636 g/mol. The molecule has 11 rings (SSSR count). The van der Waals surface area contributed by atoms with Crippen LogP contribution in [0.15, 0.2) is 170 Å². The predicted octanol–water partition coefficient (Wildman–Crippen LogP) is 10.6. The van der Waals surface area contributed by atoms with Crippen molar-refractivity contribution in [1.82, 2.24) is 19.5 Å². The molecular weight excluding hydrogens is 609 g/mol. The molecule has 1 aliphatic heterocycles. The van der Waals surface area contributed by atoms with Gasteiger partial charge < -0.3 is 4.57 Å². The molecule has 0 saturated heterocycles. The fourth-order valence-corrected chi connectivity index (χ4v) is 8.73. The van der Waals surface area contributed by atoms with E-state index in [1.165, 1.54) is 60.9 Å². The zero-order valence-electron chi connectivity index (χ0n) is 27.0. The molecule has 4 heteroatoms. The number of nitrogens with zero attached hydrogens (tertiary/aromatic N) is 4. The fraction of sp³-hybridized carbons (Fsp3) is 0.0217. The lowest BCUT2D eigenvalue weighted by molar-refractivity contribution is 0.748. The van der Waals surface area contributed by atoms with E-state index in [2.05, 4.69) is 138 Å². The predicted molar refractivity (Wildman–Crippen MR) is 201 cm³/mol. The molecule has 1 atom stereocenters. The molecule has 1 unspecified atom stereocenters. The van der Waals surface area contributed by atoms with Crippen molar-refractivity contribution in [3.8, 4) is 51.0 Å². The molecule has 0 N–H and O–H groups in total. The summed E-state index contributed by atoms with van der Waals surface area (Å²) in [4.78, 5) is 15.4. The molecule has 50 heavy (non-hydrogen) atoms. The molecule has 1 aliphatic carbocycles. The van der Waals surface area contributed by atoms with Gasteiger partial charge >= 0.3 is 0 Å².